The Labute approximate surface area is 237 Å². The van der Waals surface area contributed by atoms with Crippen LogP contribution in [0.1, 0.15) is 108 Å². The number of carbonyl (C=O) groups is 1. The van der Waals surface area contributed by atoms with Crippen LogP contribution >= 0.6 is 0 Å². The lowest BCUT2D eigenvalue weighted by Crippen LogP contribution is -2.63. The first-order valence-electron chi connectivity index (χ1n) is 15.7. The highest BCUT2D eigenvalue weighted by atomic mass is 16.5. The van der Waals surface area contributed by atoms with Gasteiger partial charge in [0.2, 0.25) is 0 Å². The van der Waals surface area contributed by atoms with Gasteiger partial charge in [-0.1, -0.05) is 58.1 Å². The highest BCUT2D eigenvalue weighted by molar-refractivity contribution is 5.89. The van der Waals surface area contributed by atoms with Crippen molar-refractivity contribution < 1.29 is 9.53 Å². The summed E-state index contributed by atoms with van der Waals surface area (Å²) in [6.45, 7) is 17.0. The second-order valence-electron chi connectivity index (χ2n) is 15.4. The molecule has 3 heteroatoms. The molecule has 5 aliphatic rings. The second-order valence-corrected chi connectivity index (χ2v) is 15.4. The molecule has 0 bridgehead atoms. The molecule has 1 aromatic carbocycles. The Hall–Kier alpha value is -1.87. The van der Waals surface area contributed by atoms with E-state index >= 15 is 0 Å². The lowest BCUT2D eigenvalue weighted by Gasteiger charge is -2.68. The normalized spacial score (nSPS) is 44.2. The summed E-state index contributed by atoms with van der Waals surface area (Å²) in [5.41, 5.74) is 12.8. The summed E-state index contributed by atoms with van der Waals surface area (Å²) in [5.74, 6) is 3.99. The molecule has 2 N–H and O–H groups in total. The molecule has 6 rings (SSSR count). The summed E-state index contributed by atoms with van der Waals surface area (Å²) in [4.78, 5) is 12.0. The Bertz CT molecular complexity index is 1190. The number of benzene rings is 1. The van der Waals surface area contributed by atoms with Crippen LogP contribution in [0.4, 0.5) is 0 Å². The van der Waals surface area contributed by atoms with E-state index in [1.165, 1.54) is 75.2 Å². The van der Waals surface area contributed by atoms with E-state index in [-0.39, 0.29) is 16.9 Å². The van der Waals surface area contributed by atoms with Gasteiger partial charge in [-0.25, -0.2) is 4.79 Å². The molecule has 212 valence electrons. The van der Waals surface area contributed by atoms with Crippen molar-refractivity contribution in [2.24, 2.45) is 57.5 Å². The van der Waals surface area contributed by atoms with Gasteiger partial charge in [-0.05, 0) is 140 Å². The number of esters is 1. The van der Waals surface area contributed by atoms with Gasteiger partial charge in [0, 0.05) is 5.54 Å². The summed E-state index contributed by atoms with van der Waals surface area (Å²) in [6, 6.07) is 8.10. The minimum atomic E-state index is -0.269. The highest BCUT2D eigenvalue weighted by Gasteiger charge is 2.66. The van der Waals surface area contributed by atoms with Gasteiger partial charge in [0.25, 0.3) is 0 Å². The first-order chi connectivity index (χ1) is 18.4. The van der Waals surface area contributed by atoms with E-state index in [1.54, 1.807) is 0 Å². The fourth-order valence-electron chi connectivity index (χ4n) is 11.9. The molecule has 0 aliphatic heterocycles. The fourth-order valence-corrected chi connectivity index (χ4v) is 11.9. The van der Waals surface area contributed by atoms with E-state index < -0.39 is 0 Å². The molecule has 0 saturated heterocycles. The molecule has 0 amide bonds. The molecular weight excluding hydrogens is 478 g/mol. The summed E-state index contributed by atoms with van der Waals surface area (Å²) in [5, 5.41) is 0. The third-order valence-electron chi connectivity index (χ3n) is 13.5. The van der Waals surface area contributed by atoms with Gasteiger partial charge in [0.15, 0.2) is 0 Å². The van der Waals surface area contributed by atoms with E-state index in [9.17, 15) is 4.79 Å². The van der Waals surface area contributed by atoms with Crippen LogP contribution in [-0.4, -0.2) is 18.6 Å². The van der Waals surface area contributed by atoms with Crippen molar-refractivity contribution >= 4 is 11.5 Å². The van der Waals surface area contributed by atoms with E-state index in [2.05, 4.69) is 59.4 Å². The first kappa shape index (κ1) is 27.3. The van der Waals surface area contributed by atoms with E-state index in [4.69, 9.17) is 10.5 Å². The van der Waals surface area contributed by atoms with Crippen molar-refractivity contribution in [3.8, 4) is 0 Å². The molecule has 1 aromatic rings. The van der Waals surface area contributed by atoms with Crippen LogP contribution in [0, 0.1) is 51.8 Å². The number of rotatable bonds is 3. The minimum absolute atomic E-state index is 0.0446. The predicted octanol–water partition coefficient (Wildman–Crippen LogP) is 8.45. The summed E-state index contributed by atoms with van der Waals surface area (Å²) < 4.78 is 4.93. The smallest absolute Gasteiger partial charge is 0.337 e. The average molecular weight is 530 g/mol. The second kappa shape index (κ2) is 9.07. The van der Waals surface area contributed by atoms with Gasteiger partial charge in [0.1, 0.15) is 0 Å². The standard InChI is InChI=1S/C36H51NO2/c1-22(2)25-14-20-36(37)21-16-28-26(31(25)36)12-13-30-34(28,5)19-17-29-33(3,4)27(15-18-35(29,30)6)23-8-10-24(11-9-23)32(38)39-7/h8-11,15,25-26,28-31H,1,12-14,16-21,37H2,2-7H3. The fraction of sp³-hybridized carbons (Fsp3) is 0.694. The van der Waals surface area contributed by atoms with Crippen molar-refractivity contribution in [1.29, 1.82) is 0 Å². The molecule has 0 heterocycles. The maximum atomic E-state index is 12.0. The number of carbonyl (C=O) groups excluding carboxylic acids is 1. The van der Waals surface area contributed by atoms with Crippen LogP contribution in [0.15, 0.2) is 42.5 Å². The molecule has 0 radical (unpaired) electrons. The lowest BCUT2D eigenvalue weighted by molar-refractivity contribution is -0.173. The monoisotopic (exact) mass is 529 g/mol. The Morgan fingerprint density at radius 2 is 1.62 bits per heavy atom. The van der Waals surface area contributed by atoms with Crippen molar-refractivity contribution in [3.63, 3.8) is 0 Å². The van der Waals surface area contributed by atoms with Crippen LogP contribution in [0.25, 0.3) is 5.57 Å². The lowest BCUT2D eigenvalue weighted by atomic mass is 9.36. The number of hydrogen-bond donors (Lipinski definition) is 1. The van der Waals surface area contributed by atoms with Gasteiger partial charge in [0.05, 0.1) is 12.7 Å². The number of methoxy groups -OCH3 is 1. The van der Waals surface area contributed by atoms with Crippen molar-refractivity contribution in [1.82, 2.24) is 0 Å². The summed E-state index contributed by atoms with van der Waals surface area (Å²) in [6.07, 6.45) is 14.1. The van der Waals surface area contributed by atoms with Gasteiger partial charge in [-0.2, -0.15) is 0 Å². The molecule has 9 atom stereocenters. The number of fused-ring (bicyclic) bond motifs is 7. The molecule has 39 heavy (non-hydrogen) atoms. The van der Waals surface area contributed by atoms with E-state index in [0.29, 0.717) is 34.1 Å². The number of ether oxygens (including phenoxy) is 1. The summed E-state index contributed by atoms with van der Waals surface area (Å²) in [7, 11) is 1.44. The SMILES string of the molecule is C=C(C)C1CCC2(N)CCC3C(CCC4C3(C)CCC3C(C)(C)C(c5ccc(C(=O)OC)cc5)=CCC34C)C12. The van der Waals surface area contributed by atoms with E-state index in [0.717, 1.165) is 24.2 Å². The molecule has 4 saturated carbocycles. The molecule has 4 fully saturated rings. The Morgan fingerprint density at radius 3 is 2.28 bits per heavy atom. The number of hydrogen-bond acceptors (Lipinski definition) is 3. The number of allylic oxidation sites excluding steroid dienone is 3. The zero-order valence-corrected chi connectivity index (χ0v) is 25.3. The maximum absolute atomic E-state index is 12.0. The van der Waals surface area contributed by atoms with Crippen molar-refractivity contribution in [3.05, 3.63) is 53.6 Å². The van der Waals surface area contributed by atoms with Crippen LogP contribution in [0.3, 0.4) is 0 Å². The predicted molar refractivity (Wildman–Crippen MR) is 160 cm³/mol. The van der Waals surface area contributed by atoms with Crippen LogP contribution in [0.5, 0.6) is 0 Å². The third-order valence-corrected chi connectivity index (χ3v) is 13.5. The van der Waals surface area contributed by atoms with Gasteiger partial charge in [-0.15, -0.1) is 0 Å². The van der Waals surface area contributed by atoms with Crippen LogP contribution < -0.4 is 5.73 Å². The topological polar surface area (TPSA) is 52.3 Å². The van der Waals surface area contributed by atoms with Gasteiger partial charge < -0.3 is 10.5 Å². The minimum Gasteiger partial charge on any atom is -0.465 e. The zero-order chi connectivity index (χ0) is 28.0. The first-order valence-corrected chi connectivity index (χ1v) is 15.7. The molecular formula is C36H51NO2. The molecule has 9 unspecified atom stereocenters. The largest absolute Gasteiger partial charge is 0.465 e. The quantitative estimate of drug-likeness (QED) is 0.316. The van der Waals surface area contributed by atoms with Crippen molar-refractivity contribution in [2.75, 3.05) is 7.11 Å². The third kappa shape index (κ3) is 3.81. The average Bonchev–Trinajstić information content (AvgIpc) is 3.26. The molecule has 0 aromatic heterocycles. The van der Waals surface area contributed by atoms with Crippen LogP contribution in [0.2, 0.25) is 0 Å². The number of nitrogens with two attached hydrogens (primary N) is 1. The molecule has 0 spiro atoms. The highest BCUT2D eigenvalue weighted by Crippen LogP contribution is 2.72. The van der Waals surface area contributed by atoms with Gasteiger partial charge in [-0.3, -0.25) is 0 Å². The van der Waals surface area contributed by atoms with Crippen LogP contribution in [-0.2, 0) is 4.74 Å². The van der Waals surface area contributed by atoms with E-state index in [1.807, 2.05) is 12.1 Å². The Balaban J connectivity index is 1.31. The van der Waals surface area contributed by atoms with Crippen molar-refractivity contribution in [2.45, 2.75) is 97.9 Å². The molecule has 5 aliphatic carbocycles. The zero-order valence-electron chi connectivity index (χ0n) is 25.3. The van der Waals surface area contributed by atoms with Gasteiger partial charge >= 0.3 is 5.97 Å². The maximum Gasteiger partial charge on any atom is 0.337 e. The Morgan fingerprint density at radius 1 is 0.923 bits per heavy atom. The molecule has 3 nitrogen and oxygen atoms in total. The Kier molecular flexibility index (Phi) is 6.35. The summed E-state index contributed by atoms with van der Waals surface area (Å²) >= 11 is 0.